The maximum atomic E-state index is 14.0. The van der Waals surface area contributed by atoms with Crippen LogP contribution in [0.2, 0.25) is 0 Å². The Morgan fingerprint density at radius 1 is 1.25 bits per heavy atom. The molecular formula is C17H27FN2. The second kappa shape index (κ2) is 6.13. The topological polar surface area (TPSA) is 29.3 Å². The van der Waals surface area contributed by atoms with Gasteiger partial charge in [-0.2, -0.15) is 0 Å². The first kappa shape index (κ1) is 15.3. The fraction of sp³-hybridized carbons (Fsp3) is 0.647. The van der Waals surface area contributed by atoms with E-state index < -0.39 is 0 Å². The average molecular weight is 278 g/mol. The molecule has 1 aliphatic rings. The maximum absolute atomic E-state index is 14.0. The van der Waals surface area contributed by atoms with Crippen molar-refractivity contribution in [1.82, 2.24) is 0 Å². The van der Waals surface area contributed by atoms with Crippen molar-refractivity contribution in [2.45, 2.75) is 52.5 Å². The predicted octanol–water partition coefficient (Wildman–Crippen LogP) is 4.25. The highest BCUT2D eigenvalue weighted by molar-refractivity contribution is 5.55. The Morgan fingerprint density at radius 3 is 2.35 bits per heavy atom. The van der Waals surface area contributed by atoms with Crippen LogP contribution in [0.5, 0.6) is 0 Å². The lowest BCUT2D eigenvalue weighted by molar-refractivity contribution is 0.199. The number of nitrogens with zero attached hydrogens (tertiary/aromatic N) is 1. The number of piperidine rings is 1. The zero-order chi connectivity index (χ0) is 14.8. The summed E-state index contributed by atoms with van der Waals surface area (Å²) in [5.74, 6) is -0.180. The molecule has 2 nitrogen and oxygen atoms in total. The molecule has 0 amide bonds. The van der Waals surface area contributed by atoms with Gasteiger partial charge in [0.15, 0.2) is 0 Å². The molecule has 0 saturated carbocycles. The van der Waals surface area contributed by atoms with Crippen LogP contribution in [0.15, 0.2) is 18.2 Å². The van der Waals surface area contributed by atoms with Gasteiger partial charge in [0.05, 0.1) is 0 Å². The molecule has 0 unspecified atom stereocenters. The second-order valence-electron chi connectivity index (χ2n) is 6.16. The molecule has 0 aromatic heterocycles. The predicted molar refractivity (Wildman–Crippen MR) is 83.5 cm³/mol. The lowest BCUT2D eigenvalue weighted by Gasteiger charge is -2.42. The average Bonchev–Trinajstić information content (AvgIpc) is 2.46. The van der Waals surface area contributed by atoms with Gasteiger partial charge in [0.1, 0.15) is 5.82 Å². The van der Waals surface area contributed by atoms with Gasteiger partial charge in [-0.15, -0.1) is 0 Å². The highest BCUT2D eigenvalue weighted by Gasteiger charge is 2.32. The fourth-order valence-electron chi connectivity index (χ4n) is 3.43. The third-order valence-corrected chi connectivity index (χ3v) is 5.15. The standard InChI is InChI=1S/C17H27FN2/c1-4-17(5-2)9-11-20(12-10-17)15-8-6-7-14(18)16(15)13(3)19/h6-8,13H,4-5,9-12,19H2,1-3H3/t13-/m1/s1. The van der Waals surface area contributed by atoms with Crippen molar-refractivity contribution in [2.24, 2.45) is 11.1 Å². The van der Waals surface area contributed by atoms with E-state index in [9.17, 15) is 4.39 Å². The second-order valence-corrected chi connectivity index (χ2v) is 6.16. The van der Waals surface area contributed by atoms with E-state index in [-0.39, 0.29) is 11.9 Å². The van der Waals surface area contributed by atoms with Crippen molar-refractivity contribution in [2.75, 3.05) is 18.0 Å². The Morgan fingerprint density at radius 2 is 1.85 bits per heavy atom. The molecule has 1 aromatic carbocycles. The minimum Gasteiger partial charge on any atom is -0.371 e. The quantitative estimate of drug-likeness (QED) is 0.892. The Labute approximate surface area is 122 Å². The number of rotatable bonds is 4. The highest BCUT2D eigenvalue weighted by atomic mass is 19.1. The van der Waals surface area contributed by atoms with Crippen LogP contribution < -0.4 is 10.6 Å². The van der Waals surface area contributed by atoms with Gasteiger partial charge in [-0.1, -0.05) is 32.8 Å². The molecule has 0 spiro atoms. The molecule has 0 radical (unpaired) electrons. The summed E-state index contributed by atoms with van der Waals surface area (Å²) in [6, 6.07) is 5.04. The monoisotopic (exact) mass is 278 g/mol. The molecule has 1 fully saturated rings. The van der Waals surface area contributed by atoms with Gasteiger partial charge in [-0.25, -0.2) is 4.39 Å². The zero-order valence-corrected chi connectivity index (χ0v) is 13.0. The van der Waals surface area contributed by atoms with Gasteiger partial charge >= 0.3 is 0 Å². The van der Waals surface area contributed by atoms with E-state index in [2.05, 4.69) is 18.7 Å². The van der Waals surface area contributed by atoms with Crippen LogP contribution in [-0.2, 0) is 0 Å². The van der Waals surface area contributed by atoms with Crippen molar-refractivity contribution < 1.29 is 4.39 Å². The number of anilines is 1. The molecule has 1 aromatic rings. The number of hydrogen-bond acceptors (Lipinski definition) is 2. The van der Waals surface area contributed by atoms with Gasteiger partial charge in [0.25, 0.3) is 0 Å². The Balaban J connectivity index is 2.21. The molecule has 112 valence electrons. The first-order valence-corrected chi connectivity index (χ1v) is 7.82. The summed E-state index contributed by atoms with van der Waals surface area (Å²) in [5.41, 5.74) is 8.09. The summed E-state index contributed by atoms with van der Waals surface area (Å²) in [6.07, 6.45) is 4.85. The normalized spacial score (nSPS) is 19.9. The van der Waals surface area contributed by atoms with E-state index in [1.54, 1.807) is 6.07 Å². The van der Waals surface area contributed by atoms with Gasteiger partial charge in [-0.05, 0) is 37.3 Å². The Hall–Kier alpha value is -1.09. The summed E-state index contributed by atoms with van der Waals surface area (Å²) in [5, 5.41) is 0. The first-order chi connectivity index (χ1) is 9.53. The molecule has 0 aliphatic carbocycles. The van der Waals surface area contributed by atoms with Gasteiger partial charge in [-0.3, -0.25) is 0 Å². The fourth-order valence-corrected chi connectivity index (χ4v) is 3.43. The van der Waals surface area contributed by atoms with E-state index in [0.717, 1.165) is 18.8 Å². The number of halogens is 1. The van der Waals surface area contributed by atoms with Gasteiger partial charge in [0, 0.05) is 30.4 Å². The van der Waals surface area contributed by atoms with Crippen molar-refractivity contribution in [3.05, 3.63) is 29.6 Å². The molecule has 0 bridgehead atoms. The van der Waals surface area contributed by atoms with E-state index in [4.69, 9.17) is 5.73 Å². The summed E-state index contributed by atoms with van der Waals surface area (Å²) in [7, 11) is 0. The van der Waals surface area contributed by atoms with Crippen molar-refractivity contribution in [3.63, 3.8) is 0 Å². The summed E-state index contributed by atoms with van der Waals surface area (Å²) < 4.78 is 14.0. The summed E-state index contributed by atoms with van der Waals surface area (Å²) >= 11 is 0. The van der Waals surface area contributed by atoms with Crippen LogP contribution in [-0.4, -0.2) is 13.1 Å². The van der Waals surface area contributed by atoms with Crippen LogP contribution in [0.3, 0.4) is 0 Å². The molecule has 2 rings (SSSR count). The first-order valence-electron chi connectivity index (χ1n) is 7.82. The summed E-state index contributed by atoms with van der Waals surface area (Å²) in [6.45, 7) is 8.44. The molecule has 1 aliphatic heterocycles. The lowest BCUT2D eigenvalue weighted by Crippen LogP contribution is -2.40. The highest BCUT2D eigenvalue weighted by Crippen LogP contribution is 2.40. The maximum Gasteiger partial charge on any atom is 0.130 e. The molecule has 2 N–H and O–H groups in total. The number of nitrogens with two attached hydrogens (primary N) is 1. The van der Waals surface area contributed by atoms with Crippen LogP contribution in [0.25, 0.3) is 0 Å². The van der Waals surface area contributed by atoms with E-state index in [0.29, 0.717) is 11.0 Å². The molecular weight excluding hydrogens is 251 g/mol. The Kier molecular flexibility index (Phi) is 4.69. The van der Waals surface area contributed by atoms with Crippen molar-refractivity contribution in [1.29, 1.82) is 0 Å². The SMILES string of the molecule is CCC1(CC)CCN(c2cccc(F)c2[C@@H](C)N)CC1. The minimum atomic E-state index is -0.268. The van der Waals surface area contributed by atoms with E-state index >= 15 is 0 Å². The smallest absolute Gasteiger partial charge is 0.130 e. The summed E-state index contributed by atoms with van der Waals surface area (Å²) in [4.78, 5) is 2.31. The van der Waals surface area contributed by atoms with E-state index in [1.807, 2.05) is 13.0 Å². The van der Waals surface area contributed by atoms with Crippen LogP contribution in [0.4, 0.5) is 10.1 Å². The minimum absolute atomic E-state index is 0.180. The number of hydrogen-bond donors (Lipinski definition) is 1. The lowest BCUT2D eigenvalue weighted by atomic mass is 9.74. The zero-order valence-electron chi connectivity index (χ0n) is 13.0. The molecule has 3 heteroatoms. The molecule has 1 heterocycles. The van der Waals surface area contributed by atoms with Crippen LogP contribution in [0.1, 0.15) is 58.1 Å². The van der Waals surface area contributed by atoms with Gasteiger partial charge < -0.3 is 10.6 Å². The molecule has 1 saturated heterocycles. The third kappa shape index (κ3) is 2.83. The van der Waals surface area contributed by atoms with Gasteiger partial charge in [0.2, 0.25) is 0 Å². The third-order valence-electron chi connectivity index (χ3n) is 5.15. The van der Waals surface area contributed by atoms with Crippen LogP contribution in [0, 0.1) is 11.2 Å². The largest absolute Gasteiger partial charge is 0.371 e. The van der Waals surface area contributed by atoms with Crippen molar-refractivity contribution >= 4 is 5.69 Å². The molecule has 20 heavy (non-hydrogen) atoms. The van der Waals surface area contributed by atoms with Crippen molar-refractivity contribution in [3.8, 4) is 0 Å². The number of benzene rings is 1. The van der Waals surface area contributed by atoms with Crippen LogP contribution >= 0.6 is 0 Å². The van der Waals surface area contributed by atoms with E-state index in [1.165, 1.54) is 31.7 Å². The Bertz CT molecular complexity index is 442. The molecule has 1 atom stereocenters.